The minimum Gasteiger partial charge on any atom is -0.361 e. The molecule has 20 heavy (non-hydrogen) atoms. The predicted octanol–water partition coefficient (Wildman–Crippen LogP) is 2.14. The quantitative estimate of drug-likeness (QED) is 0.908. The summed E-state index contributed by atoms with van der Waals surface area (Å²) < 4.78 is 0. The van der Waals surface area contributed by atoms with Gasteiger partial charge < -0.3 is 5.32 Å². The molecule has 102 valence electrons. The molecule has 5 nitrogen and oxygen atoms in total. The molecule has 0 spiro atoms. The van der Waals surface area contributed by atoms with E-state index >= 15 is 0 Å². The van der Waals surface area contributed by atoms with Crippen LogP contribution in [0.5, 0.6) is 0 Å². The molecule has 1 aliphatic rings. The third kappa shape index (κ3) is 2.70. The van der Waals surface area contributed by atoms with Crippen molar-refractivity contribution in [3.63, 3.8) is 0 Å². The first kappa shape index (κ1) is 12.8. The summed E-state index contributed by atoms with van der Waals surface area (Å²) in [6.07, 6.45) is 0. The summed E-state index contributed by atoms with van der Waals surface area (Å²) in [6.45, 7) is 2.62. The van der Waals surface area contributed by atoms with Crippen LogP contribution in [-0.4, -0.2) is 29.3 Å². The van der Waals surface area contributed by atoms with Gasteiger partial charge in [-0.3, -0.25) is 15.1 Å². The number of hydrogen-bond acceptors (Lipinski definition) is 5. The highest BCUT2D eigenvalue weighted by molar-refractivity contribution is 7.14. The zero-order chi connectivity index (χ0) is 13.9. The van der Waals surface area contributed by atoms with Crippen molar-refractivity contribution in [1.82, 2.24) is 10.3 Å². The van der Waals surface area contributed by atoms with E-state index in [9.17, 15) is 4.79 Å². The molecule has 0 aliphatic carbocycles. The standard InChI is InChI=1S/C14H14N4OS/c1-9-7-15-12(16-9)13(19)18-14-17-11(8-20-14)10-5-3-2-4-6-10/h2-6,8-9H,7H2,1H3,(H,15,16)(H,17,18,19). The smallest absolute Gasteiger partial charge is 0.292 e. The van der Waals surface area contributed by atoms with Crippen LogP contribution in [0.1, 0.15) is 6.92 Å². The van der Waals surface area contributed by atoms with E-state index < -0.39 is 0 Å². The molecule has 2 N–H and O–H groups in total. The first-order valence-electron chi connectivity index (χ1n) is 6.35. The van der Waals surface area contributed by atoms with Gasteiger partial charge in [0, 0.05) is 17.0 Å². The van der Waals surface area contributed by atoms with Gasteiger partial charge in [0.2, 0.25) is 0 Å². The molecule has 0 saturated heterocycles. The van der Waals surface area contributed by atoms with E-state index in [4.69, 9.17) is 0 Å². The maximum atomic E-state index is 12.0. The van der Waals surface area contributed by atoms with Crippen LogP contribution in [0.3, 0.4) is 0 Å². The first-order valence-corrected chi connectivity index (χ1v) is 7.23. The lowest BCUT2D eigenvalue weighted by Crippen LogP contribution is -2.36. The van der Waals surface area contributed by atoms with Crippen LogP contribution in [0, 0.1) is 0 Å². The fourth-order valence-electron chi connectivity index (χ4n) is 1.92. The lowest BCUT2D eigenvalue weighted by Gasteiger charge is -2.04. The summed E-state index contributed by atoms with van der Waals surface area (Å²) >= 11 is 1.41. The Morgan fingerprint density at radius 3 is 2.90 bits per heavy atom. The molecule has 2 aromatic rings. The fraction of sp³-hybridized carbons (Fsp3) is 0.214. The van der Waals surface area contributed by atoms with Gasteiger partial charge in [-0.1, -0.05) is 30.3 Å². The molecule has 1 amide bonds. The summed E-state index contributed by atoms with van der Waals surface area (Å²) in [5.41, 5.74) is 1.90. The van der Waals surface area contributed by atoms with Crippen molar-refractivity contribution < 1.29 is 4.79 Å². The number of amidine groups is 1. The molecule has 0 fully saturated rings. The maximum absolute atomic E-state index is 12.0. The van der Waals surface area contributed by atoms with Crippen LogP contribution in [0.2, 0.25) is 0 Å². The Balaban J connectivity index is 1.70. The zero-order valence-corrected chi connectivity index (χ0v) is 11.8. The number of carbonyl (C=O) groups excluding carboxylic acids is 1. The number of nitrogens with zero attached hydrogens (tertiary/aromatic N) is 2. The van der Waals surface area contributed by atoms with Crippen LogP contribution >= 0.6 is 11.3 Å². The van der Waals surface area contributed by atoms with E-state index in [0.29, 0.717) is 17.5 Å². The average molecular weight is 286 g/mol. The zero-order valence-electron chi connectivity index (χ0n) is 11.0. The summed E-state index contributed by atoms with van der Waals surface area (Å²) in [5, 5.41) is 8.31. The Morgan fingerprint density at radius 1 is 1.40 bits per heavy atom. The van der Waals surface area contributed by atoms with E-state index in [2.05, 4.69) is 20.6 Å². The van der Waals surface area contributed by atoms with Gasteiger partial charge in [-0.05, 0) is 6.92 Å². The number of nitrogens with one attached hydrogen (secondary N) is 2. The van der Waals surface area contributed by atoms with Crippen molar-refractivity contribution in [1.29, 1.82) is 0 Å². The number of carbonyl (C=O) groups is 1. The van der Waals surface area contributed by atoms with Gasteiger partial charge in [0.1, 0.15) is 0 Å². The third-order valence-corrected chi connectivity index (χ3v) is 3.67. The van der Waals surface area contributed by atoms with Gasteiger partial charge in [-0.2, -0.15) is 0 Å². The lowest BCUT2D eigenvalue weighted by atomic mass is 10.2. The second kappa shape index (κ2) is 5.42. The number of benzene rings is 1. The normalized spacial score (nSPS) is 17.4. The first-order chi connectivity index (χ1) is 9.72. The van der Waals surface area contributed by atoms with E-state index in [0.717, 1.165) is 11.3 Å². The minimum absolute atomic E-state index is 0.215. The molecule has 0 bridgehead atoms. The van der Waals surface area contributed by atoms with Gasteiger partial charge in [0.25, 0.3) is 5.91 Å². The maximum Gasteiger partial charge on any atom is 0.292 e. The lowest BCUT2D eigenvalue weighted by molar-refractivity contribution is -0.110. The highest BCUT2D eigenvalue weighted by Crippen LogP contribution is 2.24. The van der Waals surface area contributed by atoms with Crippen molar-refractivity contribution in [2.75, 3.05) is 11.9 Å². The number of hydrogen-bond donors (Lipinski definition) is 2. The van der Waals surface area contributed by atoms with Gasteiger partial charge in [0.15, 0.2) is 11.0 Å². The number of aliphatic imine (C=N–C) groups is 1. The van der Waals surface area contributed by atoms with Crippen LogP contribution in [-0.2, 0) is 4.79 Å². The summed E-state index contributed by atoms with van der Waals surface area (Å²) in [7, 11) is 0. The van der Waals surface area contributed by atoms with Crippen LogP contribution in [0.4, 0.5) is 5.13 Å². The molecule has 1 aliphatic heterocycles. The van der Waals surface area contributed by atoms with Gasteiger partial charge in [-0.25, -0.2) is 4.98 Å². The topological polar surface area (TPSA) is 66.4 Å². The SMILES string of the molecule is CC1CN=C(C(=O)Nc2nc(-c3ccccc3)cs2)N1. The second-order valence-electron chi connectivity index (χ2n) is 4.59. The molecule has 1 atom stereocenters. The minimum atomic E-state index is -0.233. The monoisotopic (exact) mass is 286 g/mol. The Bertz CT molecular complexity index is 650. The third-order valence-electron chi connectivity index (χ3n) is 2.92. The Hall–Kier alpha value is -2.21. The number of amides is 1. The average Bonchev–Trinajstić information content (AvgIpc) is 3.09. The van der Waals surface area contributed by atoms with E-state index in [1.54, 1.807) is 0 Å². The predicted molar refractivity (Wildman–Crippen MR) is 81.1 cm³/mol. The number of aromatic nitrogens is 1. The fourth-order valence-corrected chi connectivity index (χ4v) is 2.63. The highest BCUT2D eigenvalue weighted by atomic mass is 32.1. The summed E-state index contributed by atoms with van der Waals surface area (Å²) in [4.78, 5) is 20.5. The van der Waals surface area contributed by atoms with Crippen LogP contribution in [0.25, 0.3) is 11.3 Å². The number of thiazole rings is 1. The molecular weight excluding hydrogens is 272 g/mol. The number of rotatable bonds is 3. The van der Waals surface area contributed by atoms with E-state index in [1.165, 1.54) is 11.3 Å². The van der Waals surface area contributed by atoms with Gasteiger partial charge in [0.05, 0.1) is 12.2 Å². The Labute approximate surface area is 120 Å². The summed E-state index contributed by atoms with van der Waals surface area (Å²) in [5.74, 6) is 0.150. The molecule has 1 aromatic heterocycles. The van der Waals surface area contributed by atoms with Gasteiger partial charge in [-0.15, -0.1) is 11.3 Å². The molecule has 3 rings (SSSR count). The molecule has 1 unspecified atom stereocenters. The number of anilines is 1. The van der Waals surface area contributed by atoms with Crippen molar-refractivity contribution in [3.05, 3.63) is 35.7 Å². The largest absolute Gasteiger partial charge is 0.361 e. The molecule has 0 radical (unpaired) electrons. The Kier molecular flexibility index (Phi) is 3.47. The molecular formula is C14H14N4OS. The molecule has 1 aromatic carbocycles. The van der Waals surface area contributed by atoms with Crippen LogP contribution < -0.4 is 10.6 Å². The van der Waals surface area contributed by atoms with E-state index in [1.807, 2.05) is 42.6 Å². The second-order valence-corrected chi connectivity index (χ2v) is 5.45. The Morgan fingerprint density at radius 2 is 2.20 bits per heavy atom. The summed E-state index contributed by atoms with van der Waals surface area (Å²) in [6, 6.07) is 10.1. The van der Waals surface area contributed by atoms with Crippen molar-refractivity contribution in [2.45, 2.75) is 13.0 Å². The van der Waals surface area contributed by atoms with E-state index in [-0.39, 0.29) is 11.9 Å². The van der Waals surface area contributed by atoms with Crippen molar-refractivity contribution in [2.24, 2.45) is 4.99 Å². The molecule has 6 heteroatoms. The van der Waals surface area contributed by atoms with Crippen molar-refractivity contribution in [3.8, 4) is 11.3 Å². The van der Waals surface area contributed by atoms with Crippen molar-refractivity contribution >= 4 is 28.2 Å². The van der Waals surface area contributed by atoms with Crippen LogP contribution in [0.15, 0.2) is 40.7 Å². The highest BCUT2D eigenvalue weighted by Gasteiger charge is 2.20. The van der Waals surface area contributed by atoms with Gasteiger partial charge >= 0.3 is 0 Å². The molecule has 2 heterocycles. The molecule has 0 saturated carbocycles.